The van der Waals surface area contributed by atoms with Gasteiger partial charge in [-0.25, -0.2) is 0 Å². The second-order valence-corrected chi connectivity index (χ2v) is 11.1. The zero-order chi connectivity index (χ0) is 21.9. The molecule has 8 atom stereocenters. The SMILES string of the molecule is CN(CCO)CC(O)C1CC[C@@]2(O)C3=CC(=O)C4CC(O)CCC4(C)C3CCC12C. The van der Waals surface area contributed by atoms with Crippen LogP contribution in [0, 0.1) is 28.6 Å². The molecule has 6 nitrogen and oxygen atoms in total. The largest absolute Gasteiger partial charge is 0.395 e. The minimum atomic E-state index is -1.06. The number of likely N-dealkylation sites (N-methyl/N-ethyl adjacent to an activating group) is 1. The van der Waals surface area contributed by atoms with E-state index in [-0.39, 0.29) is 35.6 Å². The first-order valence-electron chi connectivity index (χ1n) is 11.7. The third kappa shape index (κ3) is 3.14. The summed E-state index contributed by atoms with van der Waals surface area (Å²) in [6, 6.07) is 0. The van der Waals surface area contributed by atoms with E-state index in [0.29, 0.717) is 25.9 Å². The molecule has 0 radical (unpaired) electrons. The van der Waals surface area contributed by atoms with Crippen molar-refractivity contribution in [2.45, 2.75) is 76.6 Å². The van der Waals surface area contributed by atoms with Crippen molar-refractivity contribution in [1.82, 2.24) is 4.90 Å². The molecule has 3 fully saturated rings. The Kier molecular flexibility index (Phi) is 5.72. The van der Waals surface area contributed by atoms with Crippen LogP contribution < -0.4 is 0 Å². The fourth-order valence-corrected chi connectivity index (χ4v) is 7.68. The first-order valence-corrected chi connectivity index (χ1v) is 11.7. The molecule has 4 rings (SSSR count). The zero-order valence-electron chi connectivity index (χ0n) is 18.7. The average molecular weight is 422 g/mol. The zero-order valence-corrected chi connectivity index (χ0v) is 18.7. The number of carbonyl (C=O) groups excluding carboxylic acids is 1. The lowest BCUT2D eigenvalue weighted by atomic mass is 9.46. The maximum Gasteiger partial charge on any atom is 0.159 e. The topological polar surface area (TPSA) is 101 Å². The first-order chi connectivity index (χ1) is 14.1. The normalized spacial score (nSPS) is 46.8. The molecule has 0 amide bonds. The molecule has 4 N–H and O–H groups in total. The lowest BCUT2D eigenvalue weighted by Crippen LogP contribution is -2.60. The molecule has 0 spiro atoms. The molecule has 170 valence electrons. The predicted octanol–water partition coefficient (Wildman–Crippen LogP) is 1.51. The highest BCUT2D eigenvalue weighted by Gasteiger charge is 2.66. The second kappa shape index (κ2) is 7.66. The van der Waals surface area contributed by atoms with Gasteiger partial charge in [0, 0.05) is 24.4 Å². The van der Waals surface area contributed by atoms with Crippen molar-refractivity contribution in [3.05, 3.63) is 11.6 Å². The smallest absolute Gasteiger partial charge is 0.159 e. The molecule has 6 heteroatoms. The molecule has 7 unspecified atom stereocenters. The number of allylic oxidation sites excluding steroid dienone is 1. The summed E-state index contributed by atoms with van der Waals surface area (Å²) in [7, 11) is 1.89. The Bertz CT molecular complexity index is 724. The Hall–Kier alpha value is -0.790. The number of ketones is 1. The number of nitrogens with zero attached hydrogens (tertiary/aromatic N) is 1. The van der Waals surface area contributed by atoms with Gasteiger partial charge in [-0.15, -0.1) is 0 Å². The van der Waals surface area contributed by atoms with Crippen molar-refractivity contribution in [1.29, 1.82) is 0 Å². The van der Waals surface area contributed by atoms with Crippen LogP contribution in [0.25, 0.3) is 0 Å². The summed E-state index contributed by atoms with van der Waals surface area (Å²) in [6.45, 7) is 5.32. The molecule has 30 heavy (non-hydrogen) atoms. The second-order valence-electron chi connectivity index (χ2n) is 11.1. The van der Waals surface area contributed by atoms with E-state index < -0.39 is 23.2 Å². The van der Waals surface area contributed by atoms with E-state index in [0.717, 1.165) is 37.7 Å². The number of carbonyl (C=O) groups is 1. The van der Waals surface area contributed by atoms with Gasteiger partial charge in [0.1, 0.15) is 0 Å². The van der Waals surface area contributed by atoms with Gasteiger partial charge >= 0.3 is 0 Å². The number of aliphatic hydroxyl groups is 4. The van der Waals surface area contributed by atoms with Crippen LogP contribution in [0.1, 0.15) is 58.8 Å². The summed E-state index contributed by atoms with van der Waals surface area (Å²) in [5, 5.41) is 42.4. The van der Waals surface area contributed by atoms with Gasteiger partial charge in [0.15, 0.2) is 5.78 Å². The third-order valence-corrected chi connectivity index (χ3v) is 9.59. The van der Waals surface area contributed by atoms with Gasteiger partial charge in [-0.2, -0.15) is 0 Å². The Morgan fingerprint density at radius 2 is 1.90 bits per heavy atom. The van der Waals surface area contributed by atoms with Crippen LogP contribution in [0.15, 0.2) is 11.6 Å². The van der Waals surface area contributed by atoms with Crippen LogP contribution in [0.2, 0.25) is 0 Å². The number of fused-ring (bicyclic) bond motifs is 5. The van der Waals surface area contributed by atoms with Crippen LogP contribution in [-0.4, -0.2) is 75.7 Å². The Morgan fingerprint density at radius 1 is 1.17 bits per heavy atom. The van der Waals surface area contributed by atoms with Crippen molar-refractivity contribution in [2.75, 3.05) is 26.7 Å². The van der Waals surface area contributed by atoms with Gasteiger partial charge in [0.25, 0.3) is 0 Å². The van der Waals surface area contributed by atoms with E-state index in [2.05, 4.69) is 13.8 Å². The molecular weight excluding hydrogens is 382 g/mol. The Balaban J connectivity index is 1.64. The minimum absolute atomic E-state index is 0.0423. The molecular formula is C24H39NO5. The van der Waals surface area contributed by atoms with Crippen molar-refractivity contribution in [3.63, 3.8) is 0 Å². The predicted molar refractivity (Wildman–Crippen MR) is 114 cm³/mol. The molecule has 0 saturated heterocycles. The first kappa shape index (κ1) is 22.4. The molecule has 0 bridgehead atoms. The summed E-state index contributed by atoms with van der Waals surface area (Å²) >= 11 is 0. The molecule has 0 aromatic carbocycles. The van der Waals surface area contributed by atoms with Gasteiger partial charge in [-0.1, -0.05) is 13.8 Å². The summed E-state index contributed by atoms with van der Waals surface area (Å²) in [6.07, 6.45) is 5.86. The number of hydrogen-bond acceptors (Lipinski definition) is 6. The van der Waals surface area contributed by atoms with Crippen molar-refractivity contribution < 1.29 is 25.2 Å². The highest BCUT2D eigenvalue weighted by molar-refractivity contribution is 5.95. The fraction of sp³-hybridized carbons (Fsp3) is 0.875. The number of rotatable bonds is 5. The molecule has 0 aliphatic heterocycles. The quantitative estimate of drug-likeness (QED) is 0.537. The maximum absolute atomic E-state index is 13.1. The van der Waals surface area contributed by atoms with Crippen molar-refractivity contribution in [3.8, 4) is 0 Å². The Labute approximate surface area is 180 Å². The highest BCUT2D eigenvalue weighted by atomic mass is 16.3. The van der Waals surface area contributed by atoms with Gasteiger partial charge in [0.2, 0.25) is 0 Å². The number of aliphatic hydroxyl groups excluding tert-OH is 3. The van der Waals surface area contributed by atoms with Gasteiger partial charge in [-0.05, 0) is 80.9 Å². The summed E-state index contributed by atoms with van der Waals surface area (Å²) in [5.74, 6) is 0.0303. The average Bonchev–Trinajstić information content (AvgIpc) is 2.95. The number of hydrogen-bond donors (Lipinski definition) is 4. The molecule has 3 saturated carbocycles. The van der Waals surface area contributed by atoms with E-state index in [1.165, 1.54) is 0 Å². The summed E-state index contributed by atoms with van der Waals surface area (Å²) in [4.78, 5) is 15.1. The third-order valence-electron chi connectivity index (χ3n) is 9.59. The molecule has 0 aromatic heterocycles. The molecule has 0 aromatic rings. The van der Waals surface area contributed by atoms with E-state index in [1.807, 2.05) is 11.9 Å². The standard InChI is InChI=1S/C24H39NO5/c1-22-7-4-15(27)12-19(22)20(28)13-18-16(22)5-8-23(2)17(6-9-24(18,23)30)21(29)14-25(3)10-11-26/h13,15-17,19,21,26-27,29-30H,4-12,14H2,1-3H3/t15?,16?,17?,19?,21?,22?,23?,24-/m1/s1. The van der Waals surface area contributed by atoms with E-state index in [4.69, 9.17) is 5.11 Å². The minimum Gasteiger partial charge on any atom is -0.395 e. The van der Waals surface area contributed by atoms with Crippen LogP contribution >= 0.6 is 0 Å². The Morgan fingerprint density at radius 3 is 2.60 bits per heavy atom. The monoisotopic (exact) mass is 421 g/mol. The summed E-state index contributed by atoms with van der Waals surface area (Å²) in [5.41, 5.74) is -0.825. The van der Waals surface area contributed by atoms with Crippen molar-refractivity contribution >= 4 is 5.78 Å². The van der Waals surface area contributed by atoms with E-state index >= 15 is 0 Å². The lowest BCUT2D eigenvalue weighted by Gasteiger charge is -2.59. The molecule has 4 aliphatic carbocycles. The van der Waals surface area contributed by atoms with Crippen LogP contribution in [0.3, 0.4) is 0 Å². The van der Waals surface area contributed by atoms with E-state index in [1.54, 1.807) is 6.08 Å². The van der Waals surface area contributed by atoms with E-state index in [9.17, 15) is 20.1 Å². The van der Waals surface area contributed by atoms with Crippen LogP contribution in [0.4, 0.5) is 0 Å². The highest BCUT2D eigenvalue weighted by Crippen LogP contribution is 2.67. The summed E-state index contributed by atoms with van der Waals surface area (Å²) < 4.78 is 0. The van der Waals surface area contributed by atoms with Gasteiger partial charge < -0.3 is 25.3 Å². The fourth-order valence-electron chi connectivity index (χ4n) is 7.68. The van der Waals surface area contributed by atoms with Crippen molar-refractivity contribution in [2.24, 2.45) is 28.6 Å². The van der Waals surface area contributed by atoms with Crippen LogP contribution in [-0.2, 0) is 4.79 Å². The van der Waals surface area contributed by atoms with Crippen LogP contribution in [0.5, 0.6) is 0 Å². The molecule has 0 heterocycles. The van der Waals surface area contributed by atoms with Gasteiger partial charge in [-0.3, -0.25) is 4.79 Å². The molecule has 4 aliphatic rings. The van der Waals surface area contributed by atoms with Gasteiger partial charge in [0.05, 0.1) is 24.4 Å². The lowest BCUT2D eigenvalue weighted by molar-refractivity contribution is -0.143. The maximum atomic E-state index is 13.1.